The van der Waals surface area contributed by atoms with Gasteiger partial charge in [-0.1, -0.05) is 0 Å². The van der Waals surface area contributed by atoms with Gasteiger partial charge in [-0.05, 0) is 6.92 Å². The number of aliphatic hydroxyl groups excluding tert-OH is 1. The van der Waals surface area contributed by atoms with E-state index >= 15 is 0 Å². The van der Waals surface area contributed by atoms with E-state index in [-0.39, 0.29) is 19.6 Å². The van der Waals surface area contributed by atoms with Gasteiger partial charge >= 0.3 is 5.97 Å². The summed E-state index contributed by atoms with van der Waals surface area (Å²) < 4.78 is 9.77. The molecule has 0 saturated carbocycles. The molecule has 0 aliphatic carbocycles. The predicted octanol–water partition coefficient (Wildman–Crippen LogP) is -0.125. The molecule has 78 valence electrons. The van der Waals surface area contributed by atoms with Gasteiger partial charge in [-0.2, -0.15) is 0 Å². The van der Waals surface area contributed by atoms with Crippen molar-refractivity contribution in [2.24, 2.45) is 0 Å². The molecule has 5 heteroatoms. The molecule has 0 spiro atoms. The number of carboxylic acids is 1. The first-order valence-electron chi connectivity index (χ1n) is 4.04. The van der Waals surface area contributed by atoms with Crippen LogP contribution in [0.1, 0.15) is 13.3 Å². The molecule has 0 aromatic rings. The molecular weight excluding hydrogens is 176 g/mol. The minimum atomic E-state index is -1.27. The summed E-state index contributed by atoms with van der Waals surface area (Å²) in [5, 5.41) is 17.3. The van der Waals surface area contributed by atoms with Crippen molar-refractivity contribution in [3.63, 3.8) is 0 Å². The Kier molecular flexibility index (Phi) is 5.61. The molecule has 5 nitrogen and oxygen atoms in total. The number of aliphatic hydroxyl groups is 1. The maximum atomic E-state index is 10.8. The minimum Gasteiger partial charge on any atom is -0.479 e. The van der Waals surface area contributed by atoms with Gasteiger partial charge < -0.3 is 19.7 Å². The van der Waals surface area contributed by atoms with Gasteiger partial charge in [0.1, 0.15) is 0 Å². The predicted molar refractivity (Wildman–Crippen MR) is 45.6 cm³/mol. The Balaban J connectivity index is 4.08. The van der Waals surface area contributed by atoms with Gasteiger partial charge in [0.2, 0.25) is 0 Å². The maximum absolute atomic E-state index is 10.8. The van der Waals surface area contributed by atoms with E-state index in [9.17, 15) is 4.79 Å². The smallest absolute Gasteiger partial charge is 0.335 e. The van der Waals surface area contributed by atoms with Gasteiger partial charge in [-0.25, -0.2) is 4.79 Å². The van der Waals surface area contributed by atoms with Gasteiger partial charge in [0.25, 0.3) is 0 Å². The molecule has 0 fully saturated rings. The minimum absolute atomic E-state index is 0.0204. The van der Waals surface area contributed by atoms with Gasteiger partial charge in [0.15, 0.2) is 5.60 Å². The lowest BCUT2D eigenvalue weighted by Gasteiger charge is -2.24. The molecule has 1 unspecified atom stereocenters. The lowest BCUT2D eigenvalue weighted by atomic mass is 10.0. The third-order valence-electron chi connectivity index (χ3n) is 1.75. The van der Waals surface area contributed by atoms with Crippen LogP contribution in [0.3, 0.4) is 0 Å². The molecule has 0 aliphatic rings. The SMILES string of the molecule is COCCC(C)(OCCO)C(=O)O. The van der Waals surface area contributed by atoms with Crippen LogP contribution in [0.15, 0.2) is 0 Å². The largest absolute Gasteiger partial charge is 0.479 e. The summed E-state index contributed by atoms with van der Waals surface area (Å²) in [4.78, 5) is 10.8. The average molecular weight is 192 g/mol. The molecule has 0 bridgehead atoms. The number of carboxylic acid groups (broad SMARTS) is 1. The number of hydrogen-bond donors (Lipinski definition) is 2. The van der Waals surface area contributed by atoms with Gasteiger partial charge in [-0.15, -0.1) is 0 Å². The standard InChI is InChI=1S/C8H16O5/c1-8(7(10)11,3-5-12-2)13-6-4-9/h9H,3-6H2,1-2H3,(H,10,11). The summed E-state index contributed by atoms with van der Waals surface area (Å²) in [6.07, 6.45) is 0.263. The van der Waals surface area contributed by atoms with Crippen molar-refractivity contribution in [1.29, 1.82) is 0 Å². The van der Waals surface area contributed by atoms with Crippen LogP contribution in [0, 0.1) is 0 Å². The summed E-state index contributed by atoms with van der Waals surface area (Å²) in [6, 6.07) is 0. The van der Waals surface area contributed by atoms with Gasteiger partial charge in [0, 0.05) is 20.1 Å². The van der Waals surface area contributed by atoms with E-state index in [4.69, 9.17) is 19.7 Å². The molecular formula is C8H16O5. The fourth-order valence-corrected chi connectivity index (χ4v) is 0.809. The van der Waals surface area contributed by atoms with Crippen molar-refractivity contribution >= 4 is 5.97 Å². The molecule has 13 heavy (non-hydrogen) atoms. The summed E-state index contributed by atoms with van der Waals surface area (Å²) >= 11 is 0. The first-order valence-corrected chi connectivity index (χ1v) is 4.04. The van der Waals surface area contributed by atoms with Crippen molar-refractivity contribution in [2.45, 2.75) is 18.9 Å². The molecule has 0 heterocycles. The highest BCUT2D eigenvalue weighted by Gasteiger charge is 2.33. The van der Waals surface area contributed by atoms with E-state index in [1.54, 1.807) is 0 Å². The van der Waals surface area contributed by atoms with Crippen LogP contribution in [-0.4, -0.2) is 48.7 Å². The summed E-state index contributed by atoms with van der Waals surface area (Å²) in [5.74, 6) is -1.04. The van der Waals surface area contributed by atoms with E-state index in [0.29, 0.717) is 6.61 Å². The fraction of sp³-hybridized carbons (Fsp3) is 0.875. The van der Waals surface area contributed by atoms with E-state index in [1.807, 2.05) is 0 Å². The number of ether oxygens (including phenoxy) is 2. The zero-order valence-electron chi connectivity index (χ0n) is 7.95. The highest BCUT2D eigenvalue weighted by molar-refractivity contribution is 5.76. The Hall–Kier alpha value is -0.650. The second kappa shape index (κ2) is 5.90. The summed E-state index contributed by atoms with van der Waals surface area (Å²) in [5.41, 5.74) is -1.27. The van der Waals surface area contributed by atoms with Crippen LogP contribution < -0.4 is 0 Å². The monoisotopic (exact) mass is 192 g/mol. The maximum Gasteiger partial charge on any atom is 0.335 e. The van der Waals surface area contributed by atoms with E-state index < -0.39 is 11.6 Å². The Bertz CT molecular complexity index is 149. The van der Waals surface area contributed by atoms with Crippen LogP contribution in [0.4, 0.5) is 0 Å². The van der Waals surface area contributed by atoms with Gasteiger partial charge in [-0.3, -0.25) is 0 Å². The Morgan fingerprint density at radius 2 is 2.08 bits per heavy atom. The summed E-state index contributed by atoms with van der Waals surface area (Å²) in [7, 11) is 1.49. The molecule has 0 rings (SSSR count). The Morgan fingerprint density at radius 1 is 1.46 bits per heavy atom. The van der Waals surface area contributed by atoms with E-state index in [1.165, 1.54) is 14.0 Å². The average Bonchev–Trinajstić information content (AvgIpc) is 2.11. The van der Waals surface area contributed by atoms with Crippen molar-refractivity contribution in [2.75, 3.05) is 26.9 Å². The molecule has 0 saturated heterocycles. The topological polar surface area (TPSA) is 76.0 Å². The zero-order valence-corrected chi connectivity index (χ0v) is 7.95. The Labute approximate surface area is 77.3 Å². The molecule has 0 radical (unpaired) electrons. The third kappa shape index (κ3) is 4.21. The molecule has 0 aromatic heterocycles. The van der Waals surface area contributed by atoms with Crippen LogP contribution in [-0.2, 0) is 14.3 Å². The van der Waals surface area contributed by atoms with Crippen molar-refractivity contribution < 1.29 is 24.5 Å². The Morgan fingerprint density at radius 3 is 2.46 bits per heavy atom. The normalized spacial score (nSPS) is 15.3. The number of hydrogen-bond acceptors (Lipinski definition) is 4. The molecule has 0 aliphatic heterocycles. The first-order chi connectivity index (χ1) is 6.06. The van der Waals surface area contributed by atoms with E-state index in [2.05, 4.69) is 0 Å². The fourth-order valence-electron chi connectivity index (χ4n) is 0.809. The quantitative estimate of drug-likeness (QED) is 0.588. The highest BCUT2D eigenvalue weighted by atomic mass is 16.5. The summed E-state index contributed by atoms with van der Waals surface area (Å²) in [6.45, 7) is 1.61. The second-order valence-electron chi connectivity index (χ2n) is 2.85. The van der Waals surface area contributed by atoms with Crippen molar-refractivity contribution in [3.05, 3.63) is 0 Å². The number of aliphatic carboxylic acids is 1. The second-order valence-corrected chi connectivity index (χ2v) is 2.85. The highest BCUT2D eigenvalue weighted by Crippen LogP contribution is 2.15. The molecule has 0 amide bonds. The lowest BCUT2D eigenvalue weighted by Crippen LogP contribution is -2.40. The number of methoxy groups -OCH3 is 1. The number of rotatable bonds is 7. The van der Waals surface area contributed by atoms with Crippen LogP contribution >= 0.6 is 0 Å². The van der Waals surface area contributed by atoms with Gasteiger partial charge in [0.05, 0.1) is 13.2 Å². The first kappa shape index (κ1) is 12.3. The third-order valence-corrected chi connectivity index (χ3v) is 1.75. The van der Waals surface area contributed by atoms with E-state index in [0.717, 1.165) is 0 Å². The molecule has 2 N–H and O–H groups in total. The van der Waals surface area contributed by atoms with Crippen LogP contribution in [0.2, 0.25) is 0 Å². The number of carbonyl (C=O) groups is 1. The van der Waals surface area contributed by atoms with Crippen molar-refractivity contribution in [1.82, 2.24) is 0 Å². The zero-order chi connectivity index (χ0) is 10.3. The van der Waals surface area contributed by atoms with Crippen molar-refractivity contribution in [3.8, 4) is 0 Å². The van der Waals surface area contributed by atoms with Crippen LogP contribution in [0.25, 0.3) is 0 Å². The lowest BCUT2D eigenvalue weighted by molar-refractivity contribution is -0.167. The molecule has 1 atom stereocenters. The van der Waals surface area contributed by atoms with Crippen LogP contribution in [0.5, 0.6) is 0 Å². The molecule has 0 aromatic carbocycles.